The molecule has 7 heteroatoms. The zero-order valence-electron chi connectivity index (χ0n) is 12.7. The molecule has 0 bridgehead atoms. The number of nitrogens with one attached hydrogen (secondary N) is 1. The number of nitrogens with zero attached hydrogens (tertiary/aromatic N) is 5. The third-order valence-corrected chi connectivity index (χ3v) is 4.39. The molecule has 0 unspecified atom stereocenters. The topological polar surface area (TPSA) is 60.0 Å². The summed E-state index contributed by atoms with van der Waals surface area (Å²) in [7, 11) is 1.94. The van der Waals surface area contributed by atoms with Gasteiger partial charge in [0.05, 0.1) is 11.4 Å². The van der Waals surface area contributed by atoms with Crippen LogP contribution >= 0.6 is 11.3 Å². The van der Waals surface area contributed by atoms with E-state index < -0.39 is 0 Å². The van der Waals surface area contributed by atoms with E-state index in [2.05, 4.69) is 32.8 Å². The van der Waals surface area contributed by atoms with Crippen LogP contribution in [0.2, 0.25) is 0 Å². The van der Waals surface area contributed by atoms with E-state index in [9.17, 15) is 0 Å². The van der Waals surface area contributed by atoms with Gasteiger partial charge in [-0.1, -0.05) is 0 Å². The molecular weight excluding hydrogens is 308 g/mol. The summed E-state index contributed by atoms with van der Waals surface area (Å²) in [4.78, 5) is 9.67. The number of hydrogen-bond acceptors (Lipinski definition) is 5. The highest BCUT2D eigenvalue weighted by atomic mass is 32.1. The van der Waals surface area contributed by atoms with Gasteiger partial charge < -0.3 is 5.32 Å². The van der Waals surface area contributed by atoms with Gasteiger partial charge >= 0.3 is 0 Å². The van der Waals surface area contributed by atoms with Crippen molar-refractivity contribution in [2.24, 2.45) is 7.05 Å². The summed E-state index contributed by atoms with van der Waals surface area (Å²) < 4.78 is 3.90. The lowest BCUT2D eigenvalue weighted by Crippen LogP contribution is -2.13. The fraction of sp³-hybridized carbons (Fsp3) is 0.188. The number of aromatic nitrogens is 5. The lowest BCUT2D eigenvalue weighted by atomic mass is 10.1. The Bertz CT molecular complexity index is 892. The van der Waals surface area contributed by atoms with Crippen molar-refractivity contribution >= 4 is 16.3 Å². The summed E-state index contributed by atoms with van der Waals surface area (Å²) in [5.41, 5.74) is 4.29. The molecule has 23 heavy (non-hydrogen) atoms. The largest absolute Gasteiger partial charge is 0.307 e. The molecule has 4 heterocycles. The van der Waals surface area contributed by atoms with Crippen LogP contribution in [-0.4, -0.2) is 24.1 Å². The quantitative estimate of drug-likeness (QED) is 0.613. The van der Waals surface area contributed by atoms with Crippen molar-refractivity contribution in [3.8, 4) is 11.3 Å². The van der Waals surface area contributed by atoms with Crippen LogP contribution in [0.5, 0.6) is 0 Å². The van der Waals surface area contributed by atoms with Crippen LogP contribution in [-0.2, 0) is 20.1 Å². The van der Waals surface area contributed by atoms with Gasteiger partial charge in [0, 0.05) is 67.6 Å². The molecule has 0 aliphatic heterocycles. The molecule has 0 radical (unpaired) electrons. The van der Waals surface area contributed by atoms with Gasteiger partial charge in [0.15, 0.2) is 4.96 Å². The number of fused-ring (bicyclic) bond motifs is 1. The van der Waals surface area contributed by atoms with Crippen molar-refractivity contribution < 1.29 is 0 Å². The van der Waals surface area contributed by atoms with Gasteiger partial charge in [-0.2, -0.15) is 5.10 Å². The second kappa shape index (κ2) is 5.94. The zero-order valence-corrected chi connectivity index (χ0v) is 13.5. The zero-order chi connectivity index (χ0) is 15.6. The van der Waals surface area contributed by atoms with E-state index in [1.54, 1.807) is 23.7 Å². The highest BCUT2D eigenvalue weighted by Gasteiger charge is 2.10. The predicted octanol–water partition coefficient (Wildman–Crippen LogP) is 2.48. The molecule has 0 aliphatic carbocycles. The normalized spacial score (nSPS) is 11.3. The van der Waals surface area contributed by atoms with Crippen LogP contribution in [0.4, 0.5) is 0 Å². The maximum atomic E-state index is 4.58. The third-order valence-electron chi connectivity index (χ3n) is 3.62. The minimum Gasteiger partial charge on any atom is -0.307 e. The van der Waals surface area contributed by atoms with Crippen LogP contribution in [0.3, 0.4) is 0 Å². The van der Waals surface area contributed by atoms with Crippen molar-refractivity contribution in [1.29, 1.82) is 0 Å². The summed E-state index contributed by atoms with van der Waals surface area (Å²) in [6, 6.07) is 3.96. The maximum Gasteiger partial charge on any atom is 0.193 e. The number of imidazole rings is 1. The first-order valence-electron chi connectivity index (χ1n) is 7.34. The van der Waals surface area contributed by atoms with Crippen LogP contribution in [0.25, 0.3) is 16.2 Å². The summed E-state index contributed by atoms with van der Waals surface area (Å²) in [5.74, 6) is 0. The minimum absolute atomic E-state index is 0.735. The van der Waals surface area contributed by atoms with E-state index >= 15 is 0 Å². The molecule has 116 valence electrons. The lowest BCUT2D eigenvalue weighted by molar-refractivity contribution is 0.682. The van der Waals surface area contributed by atoms with Crippen LogP contribution in [0.1, 0.15) is 11.3 Å². The standard InChI is InChI=1S/C16H16N6S/c1-21-10-13(15(20-21)12-2-4-17-5-3-12)8-18-9-14-11-22-6-7-23-16(22)19-14/h2-7,10-11,18H,8-9H2,1H3. The Hall–Kier alpha value is -2.51. The van der Waals surface area contributed by atoms with Crippen molar-refractivity contribution in [3.05, 3.63) is 59.8 Å². The first-order valence-corrected chi connectivity index (χ1v) is 8.22. The number of rotatable bonds is 5. The van der Waals surface area contributed by atoms with Crippen molar-refractivity contribution in [2.45, 2.75) is 13.1 Å². The number of aryl methyl sites for hydroxylation is 1. The van der Waals surface area contributed by atoms with E-state index in [4.69, 9.17) is 0 Å². The van der Waals surface area contributed by atoms with E-state index in [0.717, 1.165) is 35.0 Å². The monoisotopic (exact) mass is 324 g/mol. The fourth-order valence-electron chi connectivity index (χ4n) is 2.61. The van der Waals surface area contributed by atoms with Crippen molar-refractivity contribution in [3.63, 3.8) is 0 Å². The van der Waals surface area contributed by atoms with E-state index in [-0.39, 0.29) is 0 Å². The SMILES string of the molecule is Cn1cc(CNCc2cn3ccsc3n2)c(-c2ccncc2)n1. The Kier molecular flexibility index (Phi) is 3.64. The molecule has 0 atom stereocenters. The molecule has 1 N–H and O–H groups in total. The van der Waals surface area contributed by atoms with Crippen LogP contribution in [0.15, 0.2) is 48.5 Å². The first kappa shape index (κ1) is 14.1. The molecule has 6 nitrogen and oxygen atoms in total. The Morgan fingerprint density at radius 2 is 2.04 bits per heavy atom. The van der Waals surface area contributed by atoms with Crippen LogP contribution in [0, 0.1) is 0 Å². The van der Waals surface area contributed by atoms with Gasteiger partial charge in [-0.15, -0.1) is 11.3 Å². The molecule has 0 spiro atoms. The first-order chi connectivity index (χ1) is 11.3. The second-order valence-electron chi connectivity index (χ2n) is 5.34. The minimum atomic E-state index is 0.735. The van der Waals surface area contributed by atoms with Gasteiger partial charge in [0.25, 0.3) is 0 Å². The molecule has 4 rings (SSSR count). The molecule has 0 saturated carbocycles. The fourth-order valence-corrected chi connectivity index (χ4v) is 3.33. The summed E-state index contributed by atoms with van der Waals surface area (Å²) in [6.45, 7) is 1.48. The summed E-state index contributed by atoms with van der Waals surface area (Å²) in [5, 5.41) is 10.1. The molecule has 0 aromatic carbocycles. The van der Waals surface area contributed by atoms with Gasteiger partial charge in [0.1, 0.15) is 0 Å². The average molecular weight is 324 g/mol. The molecule has 0 saturated heterocycles. The summed E-state index contributed by atoms with van der Waals surface area (Å²) >= 11 is 1.65. The Labute approximate surface area is 137 Å². The number of pyridine rings is 1. The highest BCUT2D eigenvalue weighted by Crippen LogP contribution is 2.21. The highest BCUT2D eigenvalue weighted by molar-refractivity contribution is 7.15. The van der Waals surface area contributed by atoms with E-state index in [1.165, 1.54) is 5.56 Å². The molecule has 0 fully saturated rings. The van der Waals surface area contributed by atoms with Gasteiger partial charge in [-0.05, 0) is 12.1 Å². The number of thiazole rings is 1. The van der Waals surface area contributed by atoms with Gasteiger partial charge in [0.2, 0.25) is 0 Å². The van der Waals surface area contributed by atoms with Gasteiger partial charge in [-0.25, -0.2) is 4.98 Å². The van der Waals surface area contributed by atoms with Crippen LogP contribution < -0.4 is 5.32 Å². The average Bonchev–Trinajstić information content (AvgIpc) is 3.23. The van der Waals surface area contributed by atoms with E-state index in [0.29, 0.717) is 0 Å². The molecule has 4 aromatic heterocycles. The summed E-state index contributed by atoms with van der Waals surface area (Å²) in [6.07, 6.45) is 9.72. The Morgan fingerprint density at radius 1 is 1.17 bits per heavy atom. The lowest BCUT2D eigenvalue weighted by Gasteiger charge is -2.03. The Balaban J connectivity index is 1.47. The molecular formula is C16H16N6S. The van der Waals surface area contributed by atoms with E-state index in [1.807, 2.05) is 39.8 Å². The van der Waals surface area contributed by atoms with Crippen molar-refractivity contribution in [2.75, 3.05) is 0 Å². The Morgan fingerprint density at radius 3 is 2.87 bits per heavy atom. The molecule has 0 aliphatic rings. The molecule has 4 aromatic rings. The maximum absolute atomic E-state index is 4.58. The second-order valence-corrected chi connectivity index (χ2v) is 6.21. The third kappa shape index (κ3) is 2.88. The molecule has 0 amide bonds. The predicted molar refractivity (Wildman–Crippen MR) is 90.1 cm³/mol. The van der Waals surface area contributed by atoms with Crippen molar-refractivity contribution in [1.82, 2.24) is 29.5 Å². The smallest absolute Gasteiger partial charge is 0.193 e. The van der Waals surface area contributed by atoms with Gasteiger partial charge in [-0.3, -0.25) is 14.1 Å². The number of hydrogen-bond donors (Lipinski definition) is 1.